The van der Waals surface area contributed by atoms with Crippen LogP contribution in [0.3, 0.4) is 0 Å². The Morgan fingerprint density at radius 3 is 2.62 bits per heavy atom. The maximum Gasteiger partial charge on any atom is 0.352 e. The molecule has 2 aromatic rings. The van der Waals surface area contributed by atoms with Crippen LogP contribution in [0.25, 0.3) is 11.1 Å². The van der Waals surface area contributed by atoms with Crippen LogP contribution in [0, 0.1) is 0 Å². The largest absolute Gasteiger partial charge is 0.477 e. The van der Waals surface area contributed by atoms with Crippen molar-refractivity contribution in [2.24, 2.45) is 0 Å². The fourth-order valence-corrected chi connectivity index (χ4v) is 1.66. The van der Waals surface area contributed by atoms with E-state index < -0.39 is 5.97 Å². The summed E-state index contributed by atoms with van der Waals surface area (Å²) in [5.74, 6) is -0.913. The molecule has 4 heteroatoms. The number of furan rings is 1. The van der Waals surface area contributed by atoms with E-state index in [0.29, 0.717) is 5.69 Å². The zero-order valence-corrected chi connectivity index (χ0v) is 9.18. The molecular formula is C12H13NO3. The Balaban J connectivity index is 2.51. The minimum absolute atomic E-state index is 0.117. The first-order valence-corrected chi connectivity index (χ1v) is 5.07. The summed E-state index contributed by atoms with van der Waals surface area (Å²) in [6.45, 7) is 3.90. The Labute approximate surface area is 93.1 Å². The van der Waals surface area contributed by atoms with Crippen molar-refractivity contribution in [2.75, 3.05) is 0 Å². The van der Waals surface area contributed by atoms with Crippen LogP contribution in [-0.4, -0.2) is 15.6 Å². The van der Waals surface area contributed by atoms with Gasteiger partial charge in [-0.1, -0.05) is 0 Å². The quantitative estimate of drug-likeness (QED) is 0.863. The number of carbonyl (C=O) groups is 1. The molecule has 0 aliphatic rings. The van der Waals surface area contributed by atoms with Crippen molar-refractivity contribution in [3.05, 3.63) is 36.5 Å². The van der Waals surface area contributed by atoms with Crippen molar-refractivity contribution in [1.29, 1.82) is 0 Å². The van der Waals surface area contributed by atoms with Crippen LogP contribution in [-0.2, 0) is 0 Å². The Morgan fingerprint density at radius 1 is 1.44 bits per heavy atom. The highest BCUT2D eigenvalue weighted by molar-refractivity contribution is 5.88. The van der Waals surface area contributed by atoms with Gasteiger partial charge in [0.2, 0.25) is 0 Å². The van der Waals surface area contributed by atoms with Crippen LogP contribution in [0.1, 0.15) is 30.4 Å². The predicted molar refractivity (Wildman–Crippen MR) is 59.5 cm³/mol. The van der Waals surface area contributed by atoms with E-state index in [2.05, 4.69) is 0 Å². The maximum atomic E-state index is 11.1. The third-order valence-corrected chi connectivity index (χ3v) is 2.48. The monoisotopic (exact) mass is 219 g/mol. The number of nitrogens with zero attached hydrogens (tertiary/aromatic N) is 1. The van der Waals surface area contributed by atoms with Crippen LogP contribution < -0.4 is 0 Å². The average molecular weight is 219 g/mol. The van der Waals surface area contributed by atoms with Crippen molar-refractivity contribution < 1.29 is 14.3 Å². The van der Waals surface area contributed by atoms with Crippen molar-refractivity contribution in [1.82, 2.24) is 4.57 Å². The van der Waals surface area contributed by atoms with E-state index in [-0.39, 0.29) is 6.04 Å². The van der Waals surface area contributed by atoms with Gasteiger partial charge < -0.3 is 14.1 Å². The second-order valence-electron chi connectivity index (χ2n) is 3.93. The van der Waals surface area contributed by atoms with E-state index in [1.807, 2.05) is 26.1 Å². The zero-order chi connectivity index (χ0) is 11.7. The summed E-state index contributed by atoms with van der Waals surface area (Å²) >= 11 is 0. The van der Waals surface area contributed by atoms with E-state index in [1.54, 1.807) is 23.2 Å². The topological polar surface area (TPSA) is 55.4 Å². The van der Waals surface area contributed by atoms with Crippen molar-refractivity contribution >= 4 is 5.97 Å². The summed E-state index contributed by atoms with van der Waals surface area (Å²) in [5.41, 5.74) is 2.05. The number of carboxylic acids is 1. The average Bonchev–Trinajstić information content (AvgIpc) is 2.86. The normalized spacial score (nSPS) is 10.9. The van der Waals surface area contributed by atoms with Crippen LogP contribution >= 0.6 is 0 Å². The molecule has 0 saturated heterocycles. The number of hydrogen-bond donors (Lipinski definition) is 1. The van der Waals surface area contributed by atoms with Crippen molar-refractivity contribution in [3.8, 4) is 11.1 Å². The molecule has 4 nitrogen and oxygen atoms in total. The van der Waals surface area contributed by atoms with E-state index in [1.165, 1.54) is 0 Å². The molecule has 0 amide bonds. The van der Waals surface area contributed by atoms with Gasteiger partial charge in [-0.3, -0.25) is 0 Å². The highest BCUT2D eigenvalue weighted by Crippen LogP contribution is 2.25. The lowest BCUT2D eigenvalue weighted by Crippen LogP contribution is -2.09. The van der Waals surface area contributed by atoms with Gasteiger partial charge in [0.25, 0.3) is 0 Å². The molecule has 84 valence electrons. The molecule has 2 rings (SSSR count). The Kier molecular flexibility index (Phi) is 2.56. The zero-order valence-electron chi connectivity index (χ0n) is 9.18. The fourth-order valence-electron chi connectivity index (χ4n) is 1.66. The molecule has 0 aliphatic carbocycles. The molecule has 0 bridgehead atoms. The van der Waals surface area contributed by atoms with Crippen molar-refractivity contribution in [3.63, 3.8) is 0 Å². The Hall–Kier alpha value is -1.97. The first kappa shape index (κ1) is 10.5. The highest BCUT2D eigenvalue weighted by atomic mass is 16.4. The van der Waals surface area contributed by atoms with Crippen LogP contribution in [0.5, 0.6) is 0 Å². The number of aromatic nitrogens is 1. The first-order chi connectivity index (χ1) is 7.59. The molecule has 0 aromatic carbocycles. The van der Waals surface area contributed by atoms with Crippen LogP contribution in [0.4, 0.5) is 0 Å². The lowest BCUT2D eigenvalue weighted by Gasteiger charge is -2.09. The Morgan fingerprint density at radius 2 is 2.19 bits per heavy atom. The van der Waals surface area contributed by atoms with Gasteiger partial charge in [-0.15, -0.1) is 0 Å². The molecule has 2 heterocycles. The van der Waals surface area contributed by atoms with Crippen molar-refractivity contribution in [2.45, 2.75) is 19.9 Å². The van der Waals surface area contributed by atoms with E-state index in [9.17, 15) is 4.79 Å². The van der Waals surface area contributed by atoms with E-state index in [0.717, 1.165) is 11.1 Å². The van der Waals surface area contributed by atoms with Gasteiger partial charge in [0.15, 0.2) is 0 Å². The third-order valence-electron chi connectivity index (χ3n) is 2.48. The molecular weight excluding hydrogens is 206 g/mol. The molecule has 1 N–H and O–H groups in total. The molecule has 16 heavy (non-hydrogen) atoms. The minimum Gasteiger partial charge on any atom is -0.477 e. The number of carboxylic acid groups (broad SMARTS) is 1. The molecule has 0 radical (unpaired) electrons. The third kappa shape index (κ3) is 1.74. The molecule has 0 saturated carbocycles. The van der Waals surface area contributed by atoms with Gasteiger partial charge in [-0.25, -0.2) is 4.79 Å². The second-order valence-corrected chi connectivity index (χ2v) is 3.93. The van der Waals surface area contributed by atoms with E-state index in [4.69, 9.17) is 9.52 Å². The number of hydrogen-bond acceptors (Lipinski definition) is 2. The maximum absolute atomic E-state index is 11.1. The van der Waals surface area contributed by atoms with Gasteiger partial charge in [-0.2, -0.15) is 0 Å². The van der Waals surface area contributed by atoms with Crippen LogP contribution in [0.2, 0.25) is 0 Å². The first-order valence-electron chi connectivity index (χ1n) is 5.07. The number of aromatic carboxylic acids is 1. The van der Waals surface area contributed by atoms with E-state index >= 15 is 0 Å². The summed E-state index contributed by atoms with van der Waals surface area (Å²) < 4.78 is 6.72. The summed E-state index contributed by atoms with van der Waals surface area (Å²) in [4.78, 5) is 11.1. The fraction of sp³-hybridized carbons (Fsp3) is 0.250. The predicted octanol–water partition coefficient (Wildman–Crippen LogP) is 3.03. The molecule has 2 aromatic heterocycles. The molecule has 0 unspecified atom stereocenters. The highest BCUT2D eigenvalue weighted by Gasteiger charge is 2.15. The standard InChI is InChI=1S/C12H13NO3/c1-8(2)13-6-10(5-11(13)12(14)15)9-3-4-16-7-9/h3-8H,1-2H3,(H,14,15). The van der Waals surface area contributed by atoms with Gasteiger partial charge in [0, 0.05) is 23.4 Å². The summed E-state index contributed by atoms with van der Waals surface area (Å²) in [6.07, 6.45) is 5.01. The smallest absolute Gasteiger partial charge is 0.352 e. The summed E-state index contributed by atoms with van der Waals surface area (Å²) in [6, 6.07) is 3.59. The SMILES string of the molecule is CC(C)n1cc(-c2ccoc2)cc1C(=O)O. The van der Waals surface area contributed by atoms with Gasteiger partial charge in [0.05, 0.1) is 12.5 Å². The van der Waals surface area contributed by atoms with Gasteiger partial charge in [-0.05, 0) is 26.0 Å². The number of rotatable bonds is 3. The minimum atomic E-state index is -0.913. The van der Waals surface area contributed by atoms with Crippen LogP contribution in [0.15, 0.2) is 35.3 Å². The summed E-state index contributed by atoms with van der Waals surface area (Å²) in [5, 5.41) is 9.08. The molecule has 0 atom stereocenters. The molecule has 0 spiro atoms. The molecule has 0 aliphatic heterocycles. The molecule has 0 fully saturated rings. The second kappa shape index (κ2) is 3.89. The lowest BCUT2D eigenvalue weighted by atomic mass is 10.2. The summed E-state index contributed by atoms with van der Waals surface area (Å²) in [7, 11) is 0. The Bertz CT molecular complexity index is 494. The van der Waals surface area contributed by atoms with Gasteiger partial charge in [0.1, 0.15) is 5.69 Å². The van der Waals surface area contributed by atoms with Gasteiger partial charge >= 0.3 is 5.97 Å². The lowest BCUT2D eigenvalue weighted by molar-refractivity contribution is 0.0683.